The van der Waals surface area contributed by atoms with Crippen LogP contribution in [0, 0.1) is 0 Å². The number of hydrogen-bond donors (Lipinski definition) is 1. The molecule has 1 saturated carbocycles. The van der Waals surface area contributed by atoms with Crippen molar-refractivity contribution in [3.8, 4) is 0 Å². The zero-order chi connectivity index (χ0) is 18.1. The molecule has 1 saturated heterocycles. The molecule has 1 amide bonds. The smallest absolute Gasteiger partial charge is 0.241 e. The molecule has 1 aromatic rings. The summed E-state index contributed by atoms with van der Waals surface area (Å²) in [5, 5.41) is 3.33. The lowest BCUT2D eigenvalue weighted by Gasteiger charge is -2.33. The maximum Gasteiger partial charge on any atom is 0.241 e. The van der Waals surface area contributed by atoms with Crippen LogP contribution < -0.4 is 5.32 Å². The fourth-order valence-corrected chi connectivity index (χ4v) is 5.56. The molecule has 0 spiro atoms. The summed E-state index contributed by atoms with van der Waals surface area (Å²) in [6, 6.07) is 6.56. The summed E-state index contributed by atoms with van der Waals surface area (Å²) < 4.78 is 24.4. The van der Waals surface area contributed by atoms with Crippen molar-refractivity contribution < 1.29 is 13.2 Å². The third-order valence-electron chi connectivity index (χ3n) is 5.38. The summed E-state index contributed by atoms with van der Waals surface area (Å²) in [7, 11) is -3.69. The Bertz CT molecular complexity index is 729. The molecule has 1 atom stereocenters. The molecular weight excluding hydrogens is 360 g/mol. The molecule has 1 aliphatic carbocycles. The largest absolute Gasteiger partial charge is 0.353 e. The predicted octanol–water partition coefficient (Wildman–Crippen LogP) is 2.64. The van der Waals surface area contributed by atoms with Crippen molar-refractivity contribution in [2.45, 2.75) is 54.7 Å². The first-order valence-electron chi connectivity index (χ1n) is 8.89. The molecule has 0 aromatic heterocycles. The average molecular weight is 385 g/mol. The molecule has 3 rings (SSSR count). The number of rotatable bonds is 6. The molecule has 1 aliphatic heterocycles. The van der Waals surface area contributed by atoms with Crippen molar-refractivity contribution in [3.63, 3.8) is 0 Å². The van der Waals surface area contributed by atoms with E-state index in [-0.39, 0.29) is 10.8 Å². The minimum Gasteiger partial charge on any atom is -0.353 e. The molecular formula is C18H25ClN2O3S. The number of benzene rings is 1. The molecule has 5 nitrogen and oxygen atoms in total. The lowest BCUT2D eigenvalue weighted by Crippen LogP contribution is -2.46. The van der Waals surface area contributed by atoms with Gasteiger partial charge < -0.3 is 5.32 Å². The van der Waals surface area contributed by atoms with Crippen LogP contribution in [-0.2, 0) is 14.6 Å². The number of carbonyl (C=O) groups excluding carboxylic acids is 1. The topological polar surface area (TPSA) is 66.5 Å². The van der Waals surface area contributed by atoms with E-state index < -0.39 is 14.6 Å². The van der Waals surface area contributed by atoms with Crippen LogP contribution in [-0.4, -0.2) is 49.6 Å². The number of carbonyl (C=O) groups is 1. The summed E-state index contributed by atoms with van der Waals surface area (Å²) >= 11 is 5.83. The molecule has 1 unspecified atom stereocenters. The van der Waals surface area contributed by atoms with Crippen LogP contribution in [0.4, 0.5) is 0 Å². The zero-order valence-electron chi connectivity index (χ0n) is 14.5. The van der Waals surface area contributed by atoms with Crippen LogP contribution in [0.5, 0.6) is 0 Å². The maximum atomic E-state index is 12.9. The predicted molar refractivity (Wildman–Crippen MR) is 98.5 cm³/mol. The van der Waals surface area contributed by atoms with E-state index >= 15 is 0 Å². The van der Waals surface area contributed by atoms with E-state index in [2.05, 4.69) is 17.1 Å². The van der Waals surface area contributed by atoms with Gasteiger partial charge in [-0.2, -0.15) is 0 Å². The molecule has 1 aromatic carbocycles. The molecule has 0 bridgehead atoms. The third-order valence-corrected chi connectivity index (χ3v) is 8.15. The Morgan fingerprint density at radius 1 is 1.28 bits per heavy atom. The summed E-state index contributed by atoms with van der Waals surface area (Å²) in [6.45, 7) is 4.50. The van der Waals surface area contributed by atoms with Crippen molar-refractivity contribution >= 4 is 27.3 Å². The van der Waals surface area contributed by atoms with Gasteiger partial charge in [-0.05, 0) is 63.4 Å². The van der Waals surface area contributed by atoms with Gasteiger partial charge in [0.15, 0.2) is 14.6 Å². The Labute approximate surface area is 154 Å². The van der Waals surface area contributed by atoms with Gasteiger partial charge in [-0.25, -0.2) is 8.42 Å². The maximum absolute atomic E-state index is 12.9. The number of likely N-dealkylation sites (tertiary alicyclic amines) is 1. The van der Waals surface area contributed by atoms with Crippen molar-refractivity contribution in [2.24, 2.45) is 0 Å². The molecule has 2 aliphatic rings. The van der Waals surface area contributed by atoms with Crippen LogP contribution in [0.1, 0.15) is 39.0 Å². The van der Waals surface area contributed by atoms with Gasteiger partial charge in [0, 0.05) is 24.2 Å². The van der Waals surface area contributed by atoms with Crippen LogP contribution >= 0.6 is 11.6 Å². The Balaban J connectivity index is 1.62. The summed E-state index contributed by atoms with van der Waals surface area (Å²) in [6.07, 6.45) is 4.39. The first kappa shape index (κ1) is 18.7. The van der Waals surface area contributed by atoms with Crippen molar-refractivity contribution in [2.75, 3.05) is 19.6 Å². The van der Waals surface area contributed by atoms with Gasteiger partial charge in [0.05, 0.1) is 4.90 Å². The van der Waals surface area contributed by atoms with Crippen LogP contribution in [0.3, 0.4) is 0 Å². The van der Waals surface area contributed by atoms with E-state index in [9.17, 15) is 13.2 Å². The highest BCUT2D eigenvalue weighted by molar-refractivity contribution is 7.94. The van der Waals surface area contributed by atoms with Crippen LogP contribution in [0.2, 0.25) is 5.02 Å². The van der Waals surface area contributed by atoms with E-state index in [4.69, 9.17) is 11.6 Å². The van der Waals surface area contributed by atoms with Crippen molar-refractivity contribution in [1.29, 1.82) is 0 Å². The summed E-state index contributed by atoms with van der Waals surface area (Å²) in [5.74, 6) is -0.368. The van der Waals surface area contributed by atoms with Gasteiger partial charge in [0.1, 0.15) is 0 Å². The van der Waals surface area contributed by atoms with Gasteiger partial charge in [0.25, 0.3) is 0 Å². The SMILES string of the molecule is CC1CCCCN1CCNC(=O)C1(S(=O)(=O)c2ccc(Cl)cc2)CC1. The first-order chi connectivity index (χ1) is 11.9. The van der Waals surface area contributed by atoms with Gasteiger partial charge in [-0.15, -0.1) is 0 Å². The fraction of sp³-hybridized carbons (Fsp3) is 0.611. The first-order valence-corrected chi connectivity index (χ1v) is 10.8. The Kier molecular flexibility index (Phi) is 5.42. The highest BCUT2D eigenvalue weighted by Crippen LogP contribution is 2.47. The molecule has 25 heavy (non-hydrogen) atoms. The number of amides is 1. The Morgan fingerprint density at radius 3 is 2.56 bits per heavy atom. The summed E-state index contributed by atoms with van der Waals surface area (Å²) in [5.41, 5.74) is 0. The van der Waals surface area contributed by atoms with Gasteiger partial charge >= 0.3 is 0 Å². The summed E-state index contributed by atoms with van der Waals surface area (Å²) in [4.78, 5) is 15.1. The van der Waals surface area contributed by atoms with Crippen molar-refractivity contribution in [3.05, 3.63) is 29.3 Å². The average Bonchev–Trinajstić information content (AvgIpc) is 3.39. The second-order valence-electron chi connectivity index (χ2n) is 7.09. The highest BCUT2D eigenvalue weighted by Gasteiger charge is 2.61. The van der Waals surface area contributed by atoms with E-state index in [1.54, 1.807) is 12.1 Å². The lowest BCUT2D eigenvalue weighted by atomic mass is 10.0. The van der Waals surface area contributed by atoms with E-state index in [0.29, 0.717) is 30.5 Å². The quantitative estimate of drug-likeness (QED) is 0.818. The van der Waals surface area contributed by atoms with Crippen LogP contribution in [0.15, 0.2) is 29.2 Å². The minimum atomic E-state index is -3.69. The molecule has 7 heteroatoms. The number of hydrogen-bond acceptors (Lipinski definition) is 4. The molecule has 1 heterocycles. The Morgan fingerprint density at radius 2 is 1.96 bits per heavy atom. The fourth-order valence-electron chi connectivity index (χ4n) is 3.53. The molecule has 2 fully saturated rings. The van der Waals surface area contributed by atoms with E-state index in [1.807, 2.05) is 0 Å². The van der Waals surface area contributed by atoms with E-state index in [0.717, 1.165) is 13.1 Å². The second kappa shape index (κ2) is 7.25. The third kappa shape index (κ3) is 3.71. The Hall–Kier alpha value is -1.11. The minimum absolute atomic E-state index is 0.161. The number of nitrogens with one attached hydrogen (secondary N) is 1. The molecule has 1 N–H and O–H groups in total. The number of nitrogens with zero attached hydrogens (tertiary/aromatic N) is 1. The normalized spacial score (nSPS) is 23.2. The van der Waals surface area contributed by atoms with Crippen molar-refractivity contribution in [1.82, 2.24) is 10.2 Å². The van der Waals surface area contributed by atoms with E-state index in [1.165, 1.54) is 31.4 Å². The number of piperidine rings is 1. The highest BCUT2D eigenvalue weighted by atomic mass is 35.5. The monoisotopic (exact) mass is 384 g/mol. The van der Waals surface area contributed by atoms with Crippen LogP contribution in [0.25, 0.3) is 0 Å². The lowest BCUT2D eigenvalue weighted by molar-refractivity contribution is -0.121. The molecule has 0 radical (unpaired) electrons. The number of sulfone groups is 1. The second-order valence-corrected chi connectivity index (χ2v) is 9.78. The standard InChI is InChI=1S/C18H25ClN2O3S/c1-14-4-2-3-12-21(14)13-11-20-17(22)18(9-10-18)25(23,24)16-7-5-15(19)6-8-16/h5-8,14H,2-4,9-13H2,1H3,(H,20,22). The van der Waals surface area contributed by atoms with Gasteiger partial charge in [-0.3, -0.25) is 9.69 Å². The molecule has 138 valence electrons. The van der Waals surface area contributed by atoms with Gasteiger partial charge in [0.2, 0.25) is 5.91 Å². The van der Waals surface area contributed by atoms with Gasteiger partial charge in [-0.1, -0.05) is 18.0 Å². The zero-order valence-corrected chi connectivity index (χ0v) is 16.1. The number of halogens is 1.